The van der Waals surface area contributed by atoms with Gasteiger partial charge in [-0.15, -0.1) is 5.10 Å². The second-order valence-corrected chi connectivity index (χ2v) is 10.4. The molecule has 3 heterocycles. The highest BCUT2D eigenvalue weighted by Gasteiger charge is 2.44. The van der Waals surface area contributed by atoms with Crippen LogP contribution >= 0.6 is 0 Å². The third-order valence-electron chi connectivity index (χ3n) is 6.47. The minimum Gasteiger partial charge on any atom is -0.297 e. The minimum absolute atomic E-state index is 0.0316. The van der Waals surface area contributed by atoms with Crippen molar-refractivity contribution in [2.24, 2.45) is 18.9 Å². The van der Waals surface area contributed by atoms with E-state index in [1.54, 1.807) is 21.6 Å². The third kappa shape index (κ3) is 4.02. The summed E-state index contributed by atoms with van der Waals surface area (Å²) in [5.74, 6) is 0.611. The van der Waals surface area contributed by atoms with E-state index < -0.39 is 10.0 Å². The predicted octanol–water partition coefficient (Wildman–Crippen LogP) is 1.50. The van der Waals surface area contributed by atoms with Crippen molar-refractivity contribution < 1.29 is 8.42 Å². The lowest BCUT2D eigenvalue weighted by Crippen LogP contribution is -2.52. The molecule has 9 nitrogen and oxygen atoms in total. The van der Waals surface area contributed by atoms with E-state index in [9.17, 15) is 8.42 Å². The van der Waals surface area contributed by atoms with Crippen LogP contribution in [0.5, 0.6) is 0 Å². The number of nitrogens with zero attached hydrogens (tertiary/aromatic N) is 6. The number of sulfonamides is 1. The van der Waals surface area contributed by atoms with Gasteiger partial charge in [0.15, 0.2) is 0 Å². The fraction of sp³-hybridized carbons (Fsp3) is 0.476. The molecule has 2 fully saturated rings. The number of likely N-dealkylation sites (tertiary alicyclic amines) is 1. The highest BCUT2D eigenvalue weighted by atomic mass is 32.2. The Hall–Kier alpha value is -2.56. The zero-order valence-corrected chi connectivity index (χ0v) is 18.5. The minimum atomic E-state index is -3.64. The standard InChI is InChI=1S/C21H27N7O2S/c1-15-4-7-19(28-9-3-8-22-28)10-20(15)31(29,30)24-21-16-5-6-17(21)12-27(11-16)14-18-13-26(2)25-23-18/h3-4,7-10,13,16-17,21,24H,5-6,11-12,14H2,1-2H3/t16-,17+,21?. The van der Waals surface area contributed by atoms with Crippen molar-refractivity contribution in [3.05, 3.63) is 54.1 Å². The molecule has 3 aromatic rings. The SMILES string of the molecule is Cc1ccc(-n2cccn2)cc1S(=O)(=O)NC1[C@@H]2CC[C@H]1CN(Cc1cn(C)nn1)C2. The van der Waals surface area contributed by atoms with Crippen LogP contribution in [0.2, 0.25) is 0 Å². The highest BCUT2D eigenvalue weighted by Crippen LogP contribution is 2.38. The van der Waals surface area contributed by atoms with Gasteiger partial charge < -0.3 is 0 Å². The first-order valence-corrected chi connectivity index (χ1v) is 12.1. The maximum atomic E-state index is 13.4. The van der Waals surface area contributed by atoms with Crippen LogP contribution in [0, 0.1) is 18.8 Å². The molecule has 1 N–H and O–H groups in total. The number of rotatable bonds is 6. The molecule has 1 aliphatic heterocycles. The van der Waals surface area contributed by atoms with Gasteiger partial charge in [-0.3, -0.25) is 9.58 Å². The van der Waals surface area contributed by atoms with E-state index in [1.807, 2.05) is 44.6 Å². The fourth-order valence-electron chi connectivity index (χ4n) is 5.02. The molecule has 3 atom stereocenters. The summed E-state index contributed by atoms with van der Waals surface area (Å²) in [6, 6.07) is 7.21. The van der Waals surface area contributed by atoms with Gasteiger partial charge in [-0.1, -0.05) is 11.3 Å². The van der Waals surface area contributed by atoms with Gasteiger partial charge in [-0.25, -0.2) is 17.8 Å². The molecule has 0 spiro atoms. The van der Waals surface area contributed by atoms with E-state index in [2.05, 4.69) is 25.0 Å². The Balaban J connectivity index is 1.33. The summed E-state index contributed by atoms with van der Waals surface area (Å²) in [5, 5.41) is 12.4. The Morgan fingerprint density at radius 1 is 1.19 bits per heavy atom. The number of piperidine rings is 1. The van der Waals surface area contributed by atoms with Gasteiger partial charge in [0.1, 0.15) is 0 Å². The molecule has 2 bridgehead atoms. The third-order valence-corrected chi connectivity index (χ3v) is 8.07. The summed E-state index contributed by atoms with van der Waals surface area (Å²) >= 11 is 0. The lowest BCUT2D eigenvalue weighted by molar-refractivity contribution is 0.132. The molecule has 1 aliphatic carbocycles. The number of nitrogens with one attached hydrogen (secondary N) is 1. The number of benzene rings is 1. The van der Waals surface area contributed by atoms with Crippen LogP contribution in [0.3, 0.4) is 0 Å². The lowest BCUT2D eigenvalue weighted by atomic mass is 9.93. The van der Waals surface area contributed by atoms with Crippen LogP contribution < -0.4 is 4.72 Å². The second-order valence-electron chi connectivity index (χ2n) is 8.72. The van der Waals surface area contributed by atoms with E-state index in [4.69, 9.17) is 0 Å². The summed E-state index contributed by atoms with van der Waals surface area (Å²) in [7, 11) is -1.77. The lowest BCUT2D eigenvalue weighted by Gasteiger charge is -2.37. The number of aromatic nitrogens is 5. The smallest absolute Gasteiger partial charge is 0.241 e. The Kier molecular flexibility index (Phi) is 5.15. The zero-order valence-electron chi connectivity index (χ0n) is 17.7. The van der Waals surface area contributed by atoms with Gasteiger partial charge in [-0.05, 0) is 55.4 Å². The maximum Gasteiger partial charge on any atom is 0.241 e. The van der Waals surface area contributed by atoms with E-state index >= 15 is 0 Å². The molecular formula is C21H27N7O2S. The summed E-state index contributed by atoms with van der Waals surface area (Å²) in [6.45, 7) is 4.32. The van der Waals surface area contributed by atoms with Crippen LogP contribution in [-0.4, -0.2) is 57.2 Å². The Bertz CT molecular complexity index is 1160. The van der Waals surface area contributed by atoms with Gasteiger partial charge in [0.05, 0.1) is 16.3 Å². The molecule has 0 radical (unpaired) electrons. The van der Waals surface area contributed by atoms with Crippen LogP contribution in [0.4, 0.5) is 0 Å². The number of fused-ring (bicyclic) bond motifs is 2. The van der Waals surface area contributed by atoms with Crippen LogP contribution in [-0.2, 0) is 23.6 Å². The quantitative estimate of drug-likeness (QED) is 0.623. The van der Waals surface area contributed by atoms with Crippen molar-refractivity contribution >= 4 is 10.0 Å². The van der Waals surface area contributed by atoms with Crippen molar-refractivity contribution in [3.8, 4) is 5.69 Å². The number of aryl methyl sites for hydroxylation is 2. The van der Waals surface area contributed by atoms with Gasteiger partial charge in [0, 0.05) is 51.3 Å². The number of hydrogen-bond acceptors (Lipinski definition) is 6. The summed E-state index contributed by atoms with van der Waals surface area (Å²) in [6.07, 6.45) is 7.51. The van der Waals surface area contributed by atoms with Crippen LogP contribution in [0.15, 0.2) is 47.8 Å². The summed E-state index contributed by atoms with van der Waals surface area (Å²) in [5.41, 5.74) is 2.42. The van der Waals surface area contributed by atoms with E-state index in [0.717, 1.165) is 49.4 Å². The second kappa shape index (κ2) is 7.85. The molecule has 0 amide bonds. The molecule has 1 saturated heterocycles. The Labute approximate surface area is 182 Å². The molecule has 31 heavy (non-hydrogen) atoms. The van der Waals surface area contributed by atoms with Crippen molar-refractivity contribution in [1.82, 2.24) is 34.4 Å². The highest BCUT2D eigenvalue weighted by molar-refractivity contribution is 7.89. The van der Waals surface area contributed by atoms with Gasteiger partial charge in [0.2, 0.25) is 10.0 Å². The van der Waals surface area contributed by atoms with Crippen LogP contribution in [0.25, 0.3) is 5.69 Å². The summed E-state index contributed by atoms with van der Waals surface area (Å²) < 4.78 is 33.2. The Morgan fingerprint density at radius 2 is 1.97 bits per heavy atom. The molecule has 2 aliphatic rings. The topological polar surface area (TPSA) is 97.9 Å². The molecule has 164 valence electrons. The predicted molar refractivity (Wildman–Crippen MR) is 115 cm³/mol. The number of hydrogen-bond donors (Lipinski definition) is 1. The van der Waals surface area contributed by atoms with E-state index in [1.165, 1.54) is 0 Å². The molecule has 2 aromatic heterocycles. The molecular weight excluding hydrogens is 414 g/mol. The first kappa shape index (κ1) is 20.3. The maximum absolute atomic E-state index is 13.4. The first-order chi connectivity index (χ1) is 14.9. The van der Waals surface area contributed by atoms with Crippen molar-refractivity contribution in [3.63, 3.8) is 0 Å². The zero-order chi connectivity index (χ0) is 21.6. The summed E-state index contributed by atoms with van der Waals surface area (Å²) in [4.78, 5) is 2.70. The fourth-order valence-corrected chi connectivity index (χ4v) is 6.66. The van der Waals surface area contributed by atoms with E-state index in [-0.39, 0.29) is 6.04 Å². The van der Waals surface area contributed by atoms with Crippen LogP contribution in [0.1, 0.15) is 24.1 Å². The van der Waals surface area contributed by atoms with Gasteiger partial charge >= 0.3 is 0 Å². The van der Waals surface area contributed by atoms with Crippen molar-refractivity contribution in [2.75, 3.05) is 13.1 Å². The van der Waals surface area contributed by atoms with Gasteiger partial charge in [0.25, 0.3) is 0 Å². The molecule has 10 heteroatoms. The van der Waals surface area contributed by atoms with Crippen molar-refractivity contribution in [2.45, 2.75) is 37.2 Å². The largest absolute Gasteiger partial charge is 0.297 e. The molecule has 5 rings (SSSR count). The molecule has 1 unspecified atom stereocenters. The monoisotopic (exact) mass is 441 g/mol. The van der Waals surface area contributed by atoms with Crippen molar-refractivity contribution in [1.29, 1.82) is 0 Å². The van der Waals surface area contributed by atoms with E-state index in [0.29, 0.717) is 16.7 Å². The normalized spacial score (nSPS) is 24.0. The molecule has 1 saturated carbocycles. The average Bonchev–Trinajstić information content (AvgIpc) is 3.44. The Morgan fingerprint density at radius 3 is 2.61 bits per heavy atom. The average molecular weight is 442 g/mol. The first-order valence-electron chi connectivity index (χ1n) is 10.6. The van der Waals surface area contributed by atoms with Gasteiger partial charge in [-0.2, -0.15) is 5.10 Å². The molecule has 1 aromatic carbocycles.